The van der Waals surface area contributed by atoms with E-state index < -0.39 is 53.0 Å². The van der Waals surface area contributed by atoms with Gasteiger partial charge >= 0.3 is 18.1 Å². The summed E-state index contributed by atoms with van der Waals surface area (Å²) in [6.45, 7) is 16.4. The lowest BCUT2D eigenvalue weighted by atomic mass is 9.93. The average Bonchev–Trinajstić information content (AvgIpc) is 4.31. The largest absolute Gasteiger partial charge is 0.491 e. The molecule has 6 aliphatic rings. The number of aromatic carboxylic acids is 1. The molecule has 4 aliphatic heterocycles. The summed E-state index contributed by atoms with van der Waals surface area (Å²) >= 11 is 7.01. The fourth-order valence-electron chi connectivity index (χ4n) is 10.2. The normalized spacial score (nSPS) is 19.5. The van der Waals surface area contributed by atoms with Gasteiger partial charge in [-0.2, -0.15) is 31.9 Å². The number of alkyl halides is 3. The molecule has 2 aliphatic carbocycles. The molecule has 2 spiro atoms. The van der Waals surface area contributed by atoms with Crippen LogP contribution in [0.1, 0.15) is 97.3 Å². The summed E-state index contributed by atoms with van der Waals surface area (Å²) in [4.78, 5) is 61.5. The first-order chi connectivity index (χ1) is 39.2. The molecular formula is C56H62Br2F8N10O7. The van der Waals surface area contributed by atoms with Gasteiger partial charge in [0.15, 0.2) is 0 Å². The summed E-state index contributed by atoms with van der Waals surface area (Å²) in [5.74, 6) is -17.0. The number of hydrogen-bond donors (Lipinski definition) is 3. The van der Waals surface area contributed by atoms with Crippen molar-refractivity contribution >= 4 is 84.6 Å². The molecule has 4 N–H and O–H groups in total. The number of hydrogen-bond acceptors (Lipinski definition) is 15. The van der Waals surface area contributed by atoms with E-state index in [0.717, 1.165) is 90.7 Å². The van der Waals surface area contributed by atoms with Gasteiger partial charge in [-0.05, 0) is 126 Å². The highest BCUT2D eigenvalue weighted by atomic mass is 79.9. The van der Waals surface area contributed by atoms with E-state index in [-0.39, 0.29) is 18.1 Å². The Morgan fingerprint density at radius 1 is 0.627 bits per heavy atom. The fourth-order valence-corrected chi connectivity index (χ4v) is 10.9. The van der Waals surface area contributed by atoms with Crippen LogP contribution in [0.2, 0.25) is 0 Å². The Labute approximate surface area is 490 Å². The van der Waals surface area contributed by atoms with Gasteiger partial charge in [0.1, 0.15) is 11.6 Å². The van der Waals surface area contributed by atoms with Crippen molar-refractivity contribution in [3.8, 4) is 5.75 Å². The molecule has 1 amide bonds. The SMILES string of the molecule is Cc1cc(N)nc(N2CCO[C@H](C)C2)n1.Cc1cc(NC(=O)c2ccc(Br)cc2N2CCC3(CC2)CC3)nc(N2CCO[C@H](C)C2)n1.O=C(O)c1ccc(Br)cc1N1CCC2(CC1)CC2.O=C(Oc1c(F)c(F)c(F)c(F)c1F)C(F)(F)F. The molecule has 2 aromatic heterocycles. The molecule has 448 valence electrons. The van der Waals surface area contributed by atoms with E-state index in [2.05, 4.69) is 87.5 Å². The number of aryl methyl sites for hydroxylation is 2. The second kappa shape index (κ2) is 26.2. The van der Waals surface area contributed by atoms with E-state index in [1.54, 1.807) is 18.2 Å². The van der Waals surface area contributed by atoms with Crippen molar-refractivity contribution in [3.63, 3.8) is 0 Å². The van der Waals surface area contributed by atoms with Gasteiger partial charge in [0.05, 0.1) is 47.9 Å². The van der Waals surface area contributed by atoms with Crippen LogP contribution in [-0.4, -0.2) is 127 Å². The van der Waals surface area contributed by atoms with Crippen LogP contribution in [0.4, 0.5) is 70.0 Å². The number of nitrogens with two attached hydrogens (primary N) is 1. The minimum Gasteiger partial charge on any atom is -0.478 e. The maximum atomic E-state index is 13.3. The highest BCUT2D eigenvalue weighted by molar-refractivity contribution is 9.10. The van der Waals surface area contributed by atoms with Crippen LogP contribution >= 0.6 is 31.9 Å². The monoisotopic (exact) mass is 1300 g/mol. The van der Waals surface area contributed by atoms with Crippen molar-refractivity contribution in [2.45, 2.75) is 97.4 Å². The Hall–Kier alpha value is -6.45. The number of esters is 1. The van der Waals surface area contributed by atoms with Crippen molar-refractivity contribution in [3.05, 3.63) is 109 Å². The summed E-state index contributed by atoms with van der Waals surface area (Å²) < 4.78 is 114. The molecule has 11 rings (SSSR count). The number of carbonyl (C=O) groups excluding carboxylic acids is 2. The summed E-state index contributed by atoms with van der Waals surface area (Å²) in [7, 11) is 0. The molecular weight excluding hydrogens is 1240 g/mol. The molecule has 17 nitrogen and oxygen atoms in total. The number of aromatic nitrogens is 4. The number of halogens is 10. The number of carboxylic acids is 1. The predicted octanol–water partition coefficient (Wildman–Crippen LogP) is 11.4. The molecule has 0 bridgehead atoms. The maximum absolute atomic E-state index is 13.3. The Kier molecular flexibility index (Phi) is 19.8. The third-order valence-corrected chi connectivity index (χ3v) is 16.2. The number of morpholine rings is 2. The zero-order valence-corrected chi connectivity index (χ0v) is 49.0. The Bertz CT molecular complexity index is 3140. The number of amides is 1. The standard InChI is InChI=1S/C24H30BrN5O2.C14H16BrNO2.C10H16N4O.C8F8O2/c1-16-13-21(28-23(26-16)30-11-12-32-17(2)15-30)27-22(31)19-4-3-18(25)14-20(19)29-9-7-24(5-6-24)8-10-29;15-10-1-2-11(13(17)18)12(9-10)16-7-5-14(3-4-14)6-8-16;1-7-5-9(11)13-10(12-7)14-3-4-15-8(2)6-14;9-1-2(10)4(12)6(5(13)3(1)11)18-7(17)8(14,15)16/h3-4,13-14,17H,5-12,15H2,1-2H3,(H,26,27,28,31);1-2,9H,3-8H2,(H,17,18);5,8H,3-4,6H2,1-2H3,(H2,11,12,13);/t17-;;8-;/m1.1./s1. The Morgan fingerprint density at radius 2 is 1.06 bits per heavy atom. The van der Waals surface area contributed by atoms with Gasteiger partial charge < -0.3 is 50.0 Å². The minimum atomic E-state index is -5.65. The lowest BCUT2D eigenvalue weighted by Gasteiger charge is -2.35. The van der Waals surface area contributed by atoms with E-state index in [0.29, 0.717) is 52.1 Å². The van der Waals surface area contributed by atoms with Crippen LogP contribution in [0.5, 0.6) is 5.75 Å². The number of nitrogen functional groups attached to an aromatic ring is 1. The Morgan fingerprint density at radius 3 is 1.49 bits per heavy atom. The van der Waals surface area contributed by atoms with Gasteiger partial charge in [-0.1, -0.05) is 31.9 Å². The second-order valence-electron chi connectivity index (χ2n) is 21.5. The number of benzene rings is 3. The van der Waals surface area contributed by atoms with Gasteiger partial charge in [0.25, 0.3) is 5.91 Å². The smallest absolute Gasteiger partial charge is 0.478 e. The molecule has 4 saturated heterocycles. The van der Waals surface area contributed by atoms with Gasteiger partial charge in [-0.15, -0.1) is 0 Å². The lowest BCUT2D eigenvalue weighted by Crippen LogP contribution is -2.42. The van der Waals surface area contributed by atoms with Crippen LogP contribution < -0.4 is 35.4 Å². The van der Waals surface area contributed by atoms with Crippen LogP contribution in [-0.2, 0) is 14.3 Å². The second-order valence-corrected chi connectivity index (χ2v) is 23.4. The first-order valence-electron chi connectivity index (χ1n) is 26.9. The van der Waals surface area contributed by atoms with E-state index in [1.165, 1.54) is 51.4 Å². The number of piperidine rings is 2. The molecule has 0 unspecified atom stereocenters. The molecule has 6 heterocycles. The summed E-state index contributed by atoms with van der Waals surface area (Å²) in [5, 5.41) is 12.3. The molecule has 5 aromatic rings. The number of rotatable bonds is 8. The van der Waals surface area contributed by atoms with Gasteiger partial charge in [0.2, 0.25) is 46.7 Å². The number of anilines is 6. The number of ether oxygens (including phenoxy) is 3. The molecule has 2 atom stereocenters. The first-order valence-corrected chi connectivity index (χ1v) is 28.5. The summed E-state index contributed by atoms with van der Waals surface area (Å²) in [5.41, 5.74) is 11.6. The molecule has 83 heavy (non-hydrogen) atoms. The predicted molar refractivity (Wildman–Crippen MR) is 301 cm³/mol. The quantitative estimate of drug-likeness (QED) is 0.0435. The molecule has 27 heteroatoms. The van der Waals surface area contributed by atoms with Crippen molar-refractivity contribution in [2.24, 2.45) is 10.8 Å². The highest BCUT2D eigenvalue weighted by Crippen LogP contribution is 2.55. The van der Waals surface area contributed by atoms with Crippen molar-refractivity contribution in [1.82, 2.24) is 19.9 Å². The van der Waals surface area contributed by atoms with E-state index in [1.807, 2.05) is 52.0 Å². The van der Waals surface area contributed by atoms with E-state index in [9.17, 15) is 54.6 Å². The number of nitrogens with zero attached hydrogens (tertiary/aromatic N) is 8. The minimum absolute atomic E-state index is 0.135. The van der Waals surface area contributed by atoms with E-state index >= 15 is 0 Å². The van der Waals surface area contributed by atoms with Gasteiger partial charge in [-0.3, -0.25) is 4.79 Å². The third-order valence-electron chi connectivity index (χ3n) is 15.2. The van der Waals surface area contributed by atoms with Gasteiger partial charge in [-0.25, -0.2) is 32.7 Å². The van der Waals surface area contributed by atoms with E-state index in [4.69, 9.17) is 15.2 Å². The van der Waals surface area contributed by atoms with Crippen molar-refractivity contribution in [2.75, 3.05) is 96.2 Å². The zero-order chi connectivity index (χ0) is 60.1. The Balaban J connectivity index is 0.000000153. The summed E-state index contributed by atoms with van der Waals surface area (Å²) in [6.07, 6.45) is 5.02. The topological polar surface area (TPSA) is 202 Å². The first kappa shape index (κ1) is 62.6. The van der Waals surface area contributed by atoms with Gasteiger partial charge in [0, 0.05) is 84.8 Å². The van der Waals surface area contributed by atoms with Crippen LogP contribution in [0, 0.1) is 53.8 Å². The maximum Gasteiger partial charge on any atom is 0.491 e. The summed E-state index contributed by atoms with van der Waals surface area (Å²) in [6, 6.07) is 14.9. The number of nitrogens with one attached hydrogen (secondary N) is 1. The third kappa shape index (κ3) is 16.1. The van der Waals surface area contributed by atoms with Crippen LogP contribution in [0.25, 0.3) is 0 Å². The molecule has 3 aromatic carbocycles. The molecule has 0 radical (unpaired) electrons. The number of carbonyl (C=O) groups is 3. The van der Waals surface area contributed by atoms with Crippen molar-refractivity contribution in [1.29, 1.82) is 0 Å². The zero-order valence-electron chi connectivity index (χ0n) is 45.8. The fraction of sp³-hybridized carbons (Fsp3) is 0.482. The molecule has 2 saturated carbocycles. The van der Waals surface area contributed by atoms with Crippen LogP contribution in [0.15, 0.2) is 57.5 Å². The molecule has 6 fully saturated rings. The van der Waals surface area contributed by atoms with Crippen molar-refractivity contribution < 1.29 is 68.8 Å². The number of carboxylic acid groups (broad SMARTS) is 1. The van der Waals surface area contributed by atoms with Crippen LogP contribution in [0.3, 0.4) is 0 Å². The lowest BCUT2D eigenvalue weighted by molar-refractivity contribution is -0.190. The average molecular weight is 1300 g/mol. The highest BCUT2D eigenvalue weighted by Gasteiger charge is 2.46.